The Balaban J connectivity index is 0.000000533. The highest BCUT2D eigenvalue weighted by Crippen LogP contribution is 2.17. The Bertz CT molecular complexity index is 857. The molecule has 2 unspecified atom stereocenters. The highest BCUT2D eigenvalue weighted by atomic mass is 31.0. The van der Waals surface area contributed by atoms with Crippen LogP contribution in [0.3, 0.4) is 0 Å². The Kier molecular flexibility index (Phi) is 13.9. The van der Waals surface area contributed by atoms with Gasteiger partial charge in [0, 0.05) is 12.5 Å². The second-order valence-electron chi connectivity index (χ2n) is 7.72. The molecule has 2 atom stereocenters. The molecule has 1 aliphatic rings. The van der Waals surface area contributed by atoms with E-state index in [1.54, 1.807) is 6.08 Å². The van der Waals surface area contributed by atoms with Crippen LogP contribution in [0.25, 0.3) is 6.08 Å². The van der Waals surface area contributed by atoms with E-state index >= 15 is 0 Å². The third-order valence-electron chi connectivity index (χ3n) is 4.92. The van der Waals surface area contributed by atoms with E-state index in [1.807, 2.05) is 12.2 Å². The van der Waals surface area contributed by atoms with Crippen LogP contribution < -0.4 is 11.0 Å². The summed E-state index contributed by atoms with van der Waals surface area (Å²) in [5.41, 5.74) is 8.13. The molecular formula is C26H38N3O2P. The first-order valence-corrected chi connectivity index (χ1v) is 11.9. The normalized spacial score (nSPS) is 14.3. The van der Waals surface area contributed by atoms with Crippen molar-refractivity contribution in [2.45, 2.75) is 71.8 Å². The number of amidine groups is 1. The first kappa shape index (κ1) is 27.5. The molecule has 0 aliphatic carbocycles. The molecule has 0 amide bonds. The summed E-state index contributed by atoms with van der Waals surface area (Å²) < 4.78 is 6.04. The monoisotopic (exact) mass is 455 g/mol. The molecule has 0 spiro atoms. The molecule has 1 heterocycles. The van der Waals surface area contributed by atoms with Crippen LogP contribution in [0.5, 0.6) is 0 Å². The lowest BCUT2D eigenvalue weighted by atomic mass is 10.1. The molecule has 0 bridgehead atoms. The van der Waals surface area contributed by atoms with Gasteiger partial charge < -0.3 is 10.5 Å². The zero-order chi connectivity index (χ0) is 23.8. The summed E-state index contributed by atoms with van der Waals surface area (Å²) in [5.74, 6) is 1.13. The first-order valence-electron chi connectivity index (χ1n) is 11.3. The smallest absolute Gasteiger partial charge is 0.212 e. The van der Waals surface area contributed by atoms with Crippen LogP contribution in [0.15, 0.2) is 58.0 Å². The number of nitrogens with two attached hydrogens (primary N) is 1. The predicted molar refractivity (Wildman–Crippen MR) is 141 cm³/mol. The van der Waals surface area contributed by atoms with Crippen molar-refractivity contribution in [3.05, 3.63) is 59.1 Å². The van der Waals surface area contributed by atoms with Crippen LogP contribution in [-0.4, -0.2) is 24.9 Å². The van der Waals surface area contributed by atoms with Gasteiger partial charge in [0.05, 0.1) is 0 Å². The van der Waals surface area contributed by atoms with Crippen molar-refractivity contribution in [3.63, 3.8) is 0 Å². The molecule has 174 valence electrons. The molecule has 1 aliphatic heterocycles. The summed E-state index contributed by atoms with van der Waals surface area (Å²) in [6.45, 7) is 10.2. The SMILES string of the molecule is C=N/C(=C\C=C\c1ccc(P)c(C)c1)OC(CCC)CCCCC.NC1=NC(C=O)=CC1. The van der Waals surface area contributed by atoms with Gasteiger partial charge in [-0.2, -0.15) is 0 Å². The van der Waals surface area contributed by atoms with Crippen LogP contribution in [0.4, 0.5) is 0 Å². The van der Waals surface area contributed by atoms with Crippen LogP contribution in [-0.2, 0) is 9.53 Å². The summed E-state index contributed by atoms with van der Waals surface area (Å²) in [7, 11) is 2.75. The van der Waals surface area contributed by atoms with Gasteiger partial charge in [0.1, 0.15) is 17.6 Å². The van der Waals surface area contributed by atoms with Gasteiger partial charge >= 0.3 is 0 Å². The third kappa shape index (κ3) is 11.2. The number of nitrogens with zero attached hydrogens (tertiary/aromatic N) is 2. The topological polar surface area (TPSA) is 77.0 Å². The fourth-order valence-corrected chi connectivity index (χ4v) is 3.27. The van der Waals surface area contributed by atoms with Gasteiger partial charge in [0.15, 0.2) is 6.29 Å². The molecule has 1 aromatic carbocycles. The number of aryl methyl sites for hydroxylation is 1. The Morgan fingerprint density at radius 1 is 1.31 bits per heavy atom. The van der Waals surface area contributed by atoms with Crippen LogP contribution in [0.1, 0.15) is 69.9 Å². The minimum atomic E-state index is 0.241. The van der Waals surface area contributed by atoms with Crippen LogP contribution in [0.2, 0.25) is 0 Å². The maximum Gasteiger partial charge on any atom is 0.212 e. The molecule has 0 aromatic heterocycles. The van der Waals surface area contributed by atoms with Gasteiger partial charge in [-0.25, -0.2) is 9.98 Å². The molecule has 32 heavy (non-hydrogen) atoms. The van der Waals surface area contributed by atoms with Gasteiger partial charge in [-0.3, -0.25) is 4.79 Å². The molecule has 0 fully saturated rings. The zero-order valence-electron chi connectivity index (χ0n) is 19.7. The number of rotatable bonds is 12. The summed E-state index contributed by atoms with van der Waals surface area (Å²) >= 11 is 0. The summed E-state index contributed by atoms with van der Waals surface area (Å²) in [5, 5.41) is 1.23. The number of aliphatic imine (C=N–C) groups is 2. The zero-order valence-corrected chi connectivity index (χ0v) is 20.9. The highest BCUT2D eigenvalue weighted by Gasteiger charge is 2.10. The second kappa shape index (κ2) is 16.2. The van der Waals surface area contributed by atoms with Crippen molar-refractivity contribution in [1.82, 2.24) is 0 Å². The number of aldehydes is 1. The van der Waals surface area contributed by atoms with Gasteiger partial charge in [0.2, 0.25) is 5.88 Å². The predicted octanol–water partition coefficient (Wildman–Crippen LogP) is 5.65. The maximum atomic E-state index is 9.92. The van der Waals surface area contributed by atoms with E-state index in [2.05, 4.69) is 71.0 Å². The lowest BCUT2D eigenvalue weighted by molar-refractivity contribution is -0.104. The third-order valence-corrected chi connectivity index (χ3v) is 5.57. The lowest BCUT2D eigenvalue weighted by Gasteiger charge is -2.18. The quantitative estimate of drug-likeness (QED) is 0.111. The van der Waals surface area contributed by atoms with E-state index in [1.165, 1.54) is 35.7 Å². The molecule has 0 saturated carbocycles. The molecular weight excluding hydrogens is 417 g/mol. The van der Waals surface area contributed by atoms with Gasteiger partial charge in [0.25, 0.3) is 0 Å². The van der Waals surface area contributed by atoms with Crippen molar-refractivity contribution in [2.24, 2.45) is 15.7 Å². The number of hydrogen-bond acceptors (Lipinski definition) is 5. The largest absolute Gasteiger partial charge is 0.474 e. The molecule has 0 saturated heterocycles. The average Bonchev–Trinajstić information content (AvgIpc) is 3.21. The van der Waals surface area contributed by atoms with Crippen molar-refractivity contribution >= 4 is 39.5 Å². The summed E-state index contributed by atoms with van der Waals surface area (Å²) in [6.07, 6.45) is 16.2. The van der Waals surface area contributed by atoms with Crippen molar-refractivity contribution in [3.8, 4) is 0 Å². The molecule has 2 rings (SSSR count). The number of benzene rings is 1. The van der Waals surface area contributed by atoms with E-state index in [0.29, 0.717) is 30.1 Å². The van der Waals surface area contributed by atoms with E-state index in [4.69, 9.17) is 10.5 Å². The van der Waals surface area contributed by atoms with Gasteiger partial charge in [-0.1, -0.05) is 63.5 Å². The highest BCUT2D eigenvalue weighted by molar-refractivity contribution is 7.27. The Labute approximate surface area is 195 Å². The number of carbonyl (C=O) groups is 1. The van der Waals surface area contributed by atoms with E-state index in [0.717, 1.165) is 19.3 Å². The summed E-state index contributed by atoms with van der Waals surface area (Å²) in [4.78, 5) is 17.7. The molecule has 1 aromatic rings. The van der Waals surface area contributed by atoms with Crippen molar-refractivity contribution in [2.75, 3.05) is 0 Å². The Hall–Kier alpha value is -2.52. The second-order valence-corrected chi connectivity index (χ2v) is 8.34. The minimum Gasteiger partial charge on any atom is -0.474 e. The maximum absolute atomic E-state index is 9.92. The number of unbranched alkanes of at least 4 members (excludes halogenated alkanes) is 2. The molecule has 2 N–H and O–H groups in total. The average molecular weight is 456 g/mol. The Morgan fingerprint density at radius 2 is 2.09 bits per heavy atom. The fraction of sp³-hybridized carbons (Fsp3) is 0.423. The fourth-order valence-electron chi connectivity index (χ4n) is 3.09. The molecule has 0 radical (unpaired) electrons. The Morgan fingerprint density at radius 3 is 2.62 bits per heavy atom. The van der Waals surface area contributed by atoms with Gasteiger partial charge in [-0.15, -0.1) is 9.24 Å². The number of hydrogen-bond donors (Lipinski definition) is 1. The van der Waals surface area contributed by atoms with E-state index in [9.17, 15) is 4.79 Å². The molecule has 5 nitrogen and oxygen atoms in total. The molecule has 6 heteroatoms. The number of allylic oxidation sites excluding steroid dienone is 3. The minimum absolute atomic E-state index is 0.241. The van der Waals surface area contributed by atoms with Crippen LogP contribution in [0, 0.1) is 6.92 Å². The first-order chi connectivity index (χ1) is 15.4. The standard InChI is InChI=1S/C21H32NOP.C5H6N2O/c1-5-7-8-12-19(10-6-2)23-21(22-4)13-9-11-18-14-15-20(24)17(3)16-18;6-5-2-1-4(3-8)7-5/h9,11,13-16,19H,4-8,10,12,24H2,1-3H3;1,3H,2H2,(H2,6,7)/b11-9+,21-13+;. The summed E-state index contributed by atoms with van der Waals surface area (Å²) in [6, 6.07) is 6.38. The van der Waals surface area contributed by atoms with E-state index in [-0.39, 0.29) is 6.10 Å². The lowest BCUT2D eigenvalue weighted by Crippen LogP contribution is -2.12. The van der Waals surface area contributed by atoms with Crippen molar-refractivity contribution in [1.29, 1.82) is 0 Å². The van der Waals surface area contributed by atoms with E-state index < -0.39 is 0 Å². The number of carbonyl (C=O) groups excluding carboxylic acids is 1. The number of ether oxygens (including phenoxy) is 1. The van der Waals surface area contributed by atoms with Gasteiger partial charge in [-0.05, 0) is 55.4 Å². The van der Waals surface area contributed by atoms with Crippen molar-refractivity contribution < 1.29 is 9.53 Å². The van der Waals surface area contributed by atoms with Crippen LogP contribution >= 0.6 is 9.24 Å².